The van der Waals surface area contributed by atoms with Crippen LogP contribution in [0.5, 0.6) is 5.75 Å². The second-order valence-electron chi connectivity index (χ2n) is 8.31. The van der Waals surface area contributed by atoms with Gasteiger partial charge in [0.25, 0.3) is 0 Å². The molecular formula is C21H34N2O3. The highest BCUT2D eigenvalue weighted by atomic mass is 16.5. The van der Waals surface area contributed by atoms with Crippen LogP contribution in [0.15, 0.2) is 24.3 Å². The van der Waals surface area contributed by atoms with Crippen molar-refractivity contribution in [2.75, 3.05) is 26.4 Å². The number of carbonyl (C=O) groups is 1. The molecule has 3 N–H and O–H groups in total. The Morgan fingerprint density at radius 3 is 2.46 bits per heavy atom. The van der Waals surface area contributed by atoms with Gasteiger partial charge in [0.05, 0.1) is 12.6 Å². The van der Waals surface area contributed by atoms with E-state index >= 15 is 0 Å². The highest BCUT2D eigenvalue weighted by Crippen LogP contribution is 2.25. The maximum absolute atomic E-state index is 12.4. The van der Waals surface area contributed by atoms with Gasteiger partial charge in [0.1, 0.15) is 5.75 Å². The molecule has 0 aromatic heterocycles. The highest BCUT2D eigenvalue weighted by molar-refractivity contribution is 5.81. The Labute approximate surface area is 157 Å². The molecular weight excluding hydrogens is 328 g/mol. The van der Waals surface area contributed by atoms with Gasteiger partial charge in [-0.05, 0) is 42.4 Å². The maximum Gasteiger partial charge on any atom is 0.237 e. The summed E-state index contributed by atoms with van der Waals surface area (Å²) in [5, 5.41) is 3.04. The SMILES string of the molecule is CC(C)COc1ccc(C(C)(C)CNC(=O)C(N)C2CCOCC2)cc1. The lowest BCUT2D eigenvalue weighted by molar-refractivity contribution is -0.124. The maximum atomic E-state index is 12.4. The first-order chi connectivity index (χ1) is 12.3. The Balaban J connectivity index is 1.87. The number of nitrogens with one attached hydrogen (secondary N) is 1. The predicted octanol–water partition coefficient (Wildman–Crippen LogP) is 2.87. The molecule has 0 saturated carbocycles. The Bertz CT molecular complexity index is 563. The van der Waals surface area contributed by atoms with Gasteiger partial charge in [-0.25, -0.2) is 0 Å². The summed E-state index contributed by atoms with van der Waals surface area (Å²) in [5.41, 5.74) is 7.14. The summed E-state index contributed by atoms with van der Waals surface area (Å²) in [6.07, 6.45) is 1.71. The van der Waals surface area contributed by atoms with Crippen LogP contribution in [0.2, 0.25) is 0 Å². The first kappa shape index (κ1) is 20.7. The molecule has 1 saturated heterocycles. The fourth-order valence-corrected chi connectivity index (χ4v) is 3.08. The van der Waals surface area contributed by atoms with Crippen LogP contribution in [0.25, 0.3) is 0 Å². The third-order valence-corrected chi connectivity index (χ3v) is 5.00. The Morgan fingerprint density at radius 2 is 1.88 bits per heavy atom. The van der Waals surface area contributed by atoms with Crippen LogP contribution in [0.3, 0.4) is 0 Å². The summed E-state index contributed by atoms with van der Waals surface area (Å²) in [4.78, 5) is 12.4. The third-order valence-electron chi connectivity index (χ3n) is 5.00. The normalized spacial score (nSPS) is 17.2. The number of rotatable bonds is 8. The van der Waals surface area contributed by atoms with Gasteiger partial charge in [0.15, 0.2) is 0 Å². The number of amides is 1. The lowest BCUT2D eigenvalue weighted by atomic mass is 9.84. The summed E-state index contributed by atoms with van der Waals surface area (Å²) in [7, 11) is 0. The molecule has 5 nitrogen and oxygen atoms in total. The fourth-order valence-electron chi connectivity index (χ4n) is 3.08. The molecule has 2 rings (SSSR count). The minimum absolute atomic E-state index is 0.0677. The van der Waals surface area contributed by atoms with Crippen LogP contribution in [-0.4, -0.2) is 38.3 Å². The minimum Gasteiger partial charge on any atom is -0.493 e. The summed E-state index contributed by atoms with van der Waals surface area (Å²) in [6, 6.07) is 7.67. The van der Waals surface area contributed by atoms with E-state index in [4.69, 9.17) is 15.2 Å². The number of nitrogens with two attached hydrogens (primary N) is 1. The lowest BCUT2D eigenvalue weighted by Gasteiger charge is -2.30. The van der Waals surface area contributed by atoms with Crippen LogP contribution in [0, 0.1) is 11.8 Å². The third kappa shape index (κ3) is 5.99. The molecule has 26 heavy (non-hydrogen) atoms. The van der Waals surface area contributed by atoms with E-state index in [9.17, 15) is 4.79 Å². The smallest absolute Gasteiger partial charge is 0.237 e. The zero-order valence-electron chi connectivity index (χ0n) is 16.6. The molecule has 1 unspecified atom stereocenters. The average Bonchev–Trinajstić information content (AvgIpc) is 2.65. The van der Waals surface area contributed by atoms with Crippen molar-refractivity contribution in [2.24, 2.45) is 17.6 Å². The molecule has 146 valence electrons. The van der Waals surface area contributed by atoms with E-state index in [0.29, 0.717) is 32.3 Å². The van der Waals surface area contributed by atoms with Crippen molar-refractivity contribution >= 4 is 5.91 Å². The lowest BCUT2D eigenvalue weighted by Crippen LogP contribution is -2.49. The predicted molar refractivity (Wildman–Crippen MR) is 104 cm³/mol. The van der Waals surface area contributed by atoms with Gasteiger partial charge in [-0.1, -0.05) is 39.8 Å². The van der Waals surface area contributed by atoms with Crippen LogP contribution in [0.4, 0.5) is 0 Å². The first-order valence-corrected chi connectivity index (χ1v) is 9.64. The number of carbonyl (C=O) groups excluding carboxylic acids is 1. The number of hydrogen-bond acceptors (Lipinski definition) is 4. The van der Waals surface area contributed by atoms with Crippen LogP contribution in [0.1, 0.15) is 46.1 Å². The van der Waals surface area contributed by atoms with Crippen LogP contribution in [-0.2, 0) is 14.9 Å². The van der Waals surface area contributed by atoms with E-state index in [2.05, 4.69) is 45.1 Å². The monoisotopic (exact) mass is 362 g/mol. The van der Waals surface area contributed by atoms with Crippen molar-refractivity contribution < 1.29 is 14.3 Å². The van der Waals surface area contributed by atoms with E-state index in [-0.39, 0.29) is 17.2 Å². The molecule has 0 radical (unpaired) electrons. The van der Waals surface area contributed by atoms with Crippen molar-refractivity contribution in [1.29, 1.82) is 0 Å². The number of hydrogen-bond donors (Lipinski definition) is 2. The summed E-state index contributed by atoms with van der Waals surface area (Å²) in [5.74, 6) is 1.52. The van der Waals surface area contributed by atoms with Gasteiger partial charge < -0.3 is 20.5 Å². The van der Waals surface area contributed by atoms with Gasteiger partial charge in [-0.15, -0.1) is 0 Å². The summed E-state index contributed by atoms with van der Waals surface area (Å²) in [6.45, 7) is 11.2. The van der Waals surface area contributed by atoms with Gasteiger partial charge in [-0.3, -0.25) is 4.79 Å². The largest absolute Gasteiger partial charge is 0.493 e. The molecule has 5 heteroatoms. The first-order valence-electron chi connectivity index (χ1n) is 9.64. The van der Waals surface area contributed by atoms with E-state index in [1.807, 2.05) is 12.1 Å². The summed E-state index contributed by atoms with van der Waals surface area (Å²) < 4.78 is 11.1. The second-order valence-corrected chi connectivity index (χ2v) is 8.31. The van der Waals surface area contributed by atoms with Gasteiger partial charge in [-0.2, -0.15) is 0 Å². The zero-order chi connectivity index (χ0) is 19.2. The molecule has 1 aromatic rings. The molecule has 1 fully saturated rings. The van der Waals surface area contributed by atoms with Crippen molar-refractivity contribution in [2.45, 2.75) is 52.0 Å². The zero-order valence-corrected chi connectivity index (χ0v) is 16.6. The van der Waals surface area contributed by atoms with Crippen molar-refractivity contribution in [3.63, 3.8) is 0 Å². The van der Waals surface area contributed by atoms with E-state index in [0.717, 1.165) is 24.2 Å². The van der Waals surface area contributed by atoms with E-state index in [1.54, 1.807) is 0 Å². The number of benzene rings is 1. The molecule has 1 aliphatic heterocycles. The van der Waals surface area contributed by atoms with Gasteiger partial charge >= 0.3 is 0 Å². The number of ether oxygens (including phenoxy) is 2. The molecule has 0 spiro atoms. The quantitative estimate of drug-likeness (QED) is 0.746. The minimum atomic E-state index is -0.457. The van der Waals surface area contributed by atoms with E-state index in [1.165, 1.54) is 0 Å². The fraction of sp³-hybridized carbons (Fsp3) is 0.667. The highest BCUT2D eigenvalue weighted by Gasteiger charge is 2.28. The van der Waals surface area contributed by atoms with Crippen molar-refractivity contribution in [3.05, 3.63) is 29.8 Å². The van der Waals surface area contributed by atoms with E-state index < -0.39 is 6.04 Å². The Kier molecular flexibility index (Phi) is 7.47. The molecule has 0 aliphatic carbocycles. The van der Waals surface area contributed by atoms with Gasteiger partial charge in [0.2, 0.25) is 5.91 Å². The van der Waals surface area contributed by atoms with Crippen molar-refractivity contribution in [3.8, 4) is 5.75 Å². The Morgan fingerprint density at radius 1 is 1.27 bits per heavy atom. The Hall–Kier alpha value is -1.59. The standard InChI is InChI=1S/C21H34N2O3/c1-15(2)13-26-18-7-5-17(6-8-18)21(3,4)14-23-20(24)19(22)16-9-11-25-12-10-16/h5-8,15-16,19H,9-14,22H2,1-4H3,(H,23,24). The topological polar surface area (TPSA) is 73.6 Å². The molecule has 1 atom stereocenters. The second kappa shape index (κ2) is 9.38. The molecule has 1 amide bonds. The van der Waals surface area contributed by atoms with Gasteiger partial charge in [0, 0.05) is 25.2 Å². The summed E-state index contributed by atoms with van der Waals surface area (Å²) >= 11 is 0. The van der Waals surface area contributed by atoms with Crippen molar-refractivity contribution in [1.82, 2.24) is 5.32 Å². The molecule has 0 bridgehead atoms. The molecule has 1 aromatic carbocycles. The average molecular weight is 363 g/mol. The van der Waals surface area contributed by atoms with Crippen LogP contribution < -0.4 is 15.8 Å². The van der Waals surface area contributed by atoms with Crippen LogP contribution >= 0.6 is 0 Å². The molecule has 1 heterocycles. The molecule has 1 aliphatic rings.